The van der Waals surface area contributed by atoms with Crippen molar-refractivity contribution in [2.24, 2.45) is 0 Å². The first kappa shape index (κ1) is 15.5. The molecule has 4 rings (SSSR count). The first-order valence-corrected chi connectivity index (χ1v) is 8.31. The number of nitrogens with zero attached hydrogens (tertiary/aromatic N) is 2. The molecule has 2 heterocycles. The Morgan fingerprint density at radius 1 is 1.16 bits per heavy atom. The summed E-state index contributed by atoms with van der Waals surface area (Å²) in [5, 5.41) is 6.85. The molecule has 1 amide bonds. The largest absolute Gasteiger partial charge is 0.355 e. The van der Waals surface area contributed by atoms with Crippen molar-refractivity contribution in [1.29, 1.82) is 0 Å². The van der Waals surface area contributed by atoms with Gasteiger partial charge in [0.25, 0.3) is 5.91 Å². The number of thiazole rings is 1. The van der Waals surface area contributed by atoms with Crippen LogP contribution in [0.25, 0.3) is 21.5 Å². The summed E-state index contributed by atoms with van der Waals surface area (Å²) in [6.45, 7) is 1.99. The molecule has 2 aromatic heterocycles. The molecule has 25 heavy (non-hydrogen) atoms. The third-order valence-electron chi connectivity index (χ3n) is 3.65. The molecule has 0 aliphatic heterocycles. The molecule has 0 saturated heterocycles. The topological polar surface area (TPSA) is 68.0 Å². The van der Waals surface area contributed by atoms with Crippen molar-refractivity contribution < 1.29 is 13.7 Å². The van der Waals surface area contributed by atoms with E-state index in [1.807, 2.05) is 31.2 Å². The standard InChI is InChI=1S/C18H12FN3O2S/c1-10-2-4-11(5-3-10)15-9-14(22-24-15)17(23)21-18-20-13-7-6-12(19)8-16(13)25-18/h2-9H,1H3,(H,20,21,23). The van der Waals surface area contributed by atoms with Gasteiger partial charge in [0, 0.05) is 11.6 Å². The zero-order valence-electron chi connectivity index (χ0n) is 13.1. The number of benzene rings is 2. The predicted octanol–water partition coefficient (Wildman–Crippen LogP) is 4.65. The van der Waals surface area contributed by atoms with Gasteiger partial charge in [0.2, 0.25) is 0 Å². The van der Waals surface area contributed by atoms with Gasteiger partial charge in [-0.2, -0.15) is 0 Å². The normalized spacial score (nSPS) is 11.0. The number of carbonyl (C=O) groups excluding carboxylic acids is 1. The highest BCUT2D eigenvalue weighted by molar-refractivity contribution is 7.22. The Kier molecular flexibility index (Phi) is 3.77. The van der Waals surface area contributed by atoms with Gasteiger partial charge in [-0.1, -0.05) is 46.3 Å². The van der Waals surface area contributed by atoms with Crippen molar-refractivity contribution in [3.63, 3.8) is 0 Å². The van der Waals surface area contributed by atoms with Crippen molar-refractivity contribution in [2.75, 3.05) is 5.32 Å². The quantitative estimate of drug-likeness (QED) is 0.582. The second-order valence-electron chi connectivity index (χ2n) is 5.53. The number of hydrogen-bond donors (Lipinski definition) is 1. The lowest BCUT2D eigenvalue weighted by molar-refractivity contribution is 0.101. The summed E-state index contributed by atoms with van der Waals surface area (Å²) in [6, 6.07) is 13.6. The lowest BCUT2D eigenvalue weighted by Crippen LogP contribution is -2.11. The first-order valence-electron chi connectivity index (χ1n) is 7.50. The van der Waals surface area contributed by atoms with E-state index < -0.39 is 5.91 Å². The van der Waals surface area contributed by atoms with E-state index in [0.717, 1.165) is 11.1 Å². The Labute approximate surface area is 146 Å². The van der Waals surface area contributed by atoms with Gasteiger partial charge in [-0.25, -0.2) is 9.37 Å². The minimum absolute atomic E-state index is 0.154. The fraction of sp³-hybridized carbons (Fsp3) is 0.0556. The average Bonchev–Trinajstić information content (AvgIpc) is 3.21. The van der Waals surface area contributed by atoms with Crippen LogP contribution in [-0.4, -0.2) is 16.0 Å². The Balaban J connectivity index is 1.55. The van der Waals surface area contributed by atoms with E-state index >= 15 is 0 Å². The summed E-state index contributed by atoms with van der Waals surface area (Å²) in [6.07, 6.45) is 0. The average molecular weight is 353 g/mol. The maximum absolute atomic E-state index is 13.2. The van der Waals surface area contributed by atoms with Crippen LogP contribution >= 0.6 is 11.3 Å². The maximum atomic E-state index is 13.2. The van der Waals surface area contributed by atoms with Gasteiger partial charge < -0.3 is 4.52 Å². The van der Waals surface area contributed by atoms with Crippen LogP contribution in [0.1, 0.15) is 16.1 Å². The Hall–Kier alpha value is -3.06. The molecule has 0 fully saturated rings. The highest BCUT2D eigenvalue weighted by Gasteiger charge is 2.16. The zero-order valence-corrected chi connectivity index (χ0v) is 13.9. The number of carbonyl (C=O) groups is 1. The molecule has 2 aromatic carbocycles. The predicted molar refractivity (Wildman–Crippen MR) is 94.2 cm³/mol. The third kappa shape index (κ3) is 3.14. The zero-order chi connectivity index (χ0) is 17.4. The van der Waals surface area contributed by atoms with E-state index in [4.69, 9.17) is 4.52 Å². The van der Waals surface area contributed by atoms with E-state index in [9.17, 15) is 9.18 Å². The van der Waals surface area contributed by atoms with Crippen molar-refractivity contribution >= 4 is 32.6 Å². The molecule has 0 radical (unpaired) electrons. The minimum Gasteiger partial charge on any atom is -0.355 e. The summed E-state index contributed by atoms with van der Waals surface area (Å²) < 4.78 is 19.1. The molecule has 0 bridgehead atoms. The number of hydrogen-bond acceptors (Lipinski definition) is 5. The maximum Gasteiger partial charge on any atom is 0.279 e. The van der Waals surface area contributed by atoms with Crippen LogP contribution in [0.5, 0.6) is 0 Å². The molecule has 0 aliphatic rings. The summed E-state index contributed by atoms with van der Waals surface area (Å²) >= 11 is 1.20. The van der Waals surface area contributed by atoms with Gasteiger partial charge in [-0.05, 0) is 25.1 Å². The number of anilines is 1. The number of aryl methyl sites for hydroxylation is 1. The van der Waals surface area contributed by atoms with Gasteiger partial charge in [-0.3, -0.25) is 10.1 Å². The highest BCUT2D eigenvalue weighted by atomic mass is 32.1. The van der Waals surface area contributed by atoms with E-state index in [2.05, 4.69) is 15.5 Å². The fourth-order valence-electron chi connectivity index (χ4n) is 2.35. The number of aromatic nitrogens is 2. The number of nitrogens with one attached hydrogen (secondary N) is 1. The molecule has 1 N–H and O–H groups in total. The lowest BCUT2D eigenvalue weighted by atomic mass is 10.1. The molecule has 5 nitrogen and oxygen atoms in total. The second kappa shape index (κ2) is 6.10. The summed E-state index contributed by atoms with van der Waals surface area (Å²) in [4.78, 5) is 16.6. The molecule has 4 aromatic rings. The Bertz CT molecular complexity index is 1070. The molecule has 0 spiro atoms. The summed E-state index contributed by atoms with van der Waals surface area (Å²) in [5.41, 5.74) is 2.75. The monoisotopic (exact) mass is 353 g/mol. The summed E-state index contributed by atoms with van der Waals surface area (Å²) in [7, 11) is 0. The lowest BCUT2D eigenvalue weighted by Gasteiger charge is -1.96. The van der Waals surface area contributed by atoms with Crippen LogP contribution in [0.3, 0.4) is 0 Å². The molecule has 0 saturated carbocycles. The number of rotatable bonds is 3. The van der Waals surface area contributed by atoms with E-state index in [-0.39, 0.29) is 11.5 Å². The van der Waals surface area contributed by atoms with E-state index in [1.54, 1.807) is 12.1 Å². The second-order valence-corrected chi connectivity index (χ2v) is 6.56. The van der Waals surface area contributed by atoms with Crippen LogP contribution in [0, 0.1) is 12.7 Å². The van der Waals surface area contributed by atoms with Gasteiger partial charge in [0.15, 0.2) is 16.6 Å². The van der Waals surface area contributed by atoms with Crippen LogP contribution in [-0.2, 0) is 0 Å². The molecular formula is C18H12FN3O2S. The molecule has 0 aliphatic carbocycles. The SMILES string of the molecule is Cc1ccc(-c2cc(C(=O)Nc3nc4ccc(F)cc4s3)no2)cc1. The smallest absolute Gasteiger partial charge is 0.279 e. The van der Waals surface area contributed by atoms with Crippen molar-refractivity contribution in [2.45, 2.75) is 6.92 Å². The first-order chi connectivity index (χ1) is 12.1. The highest BCUT2D eigenvalue weighted by Crippen LogP contribution is 2.27. The van der Waals surface area contributed by atoms with Crippen LogP contribution < -0.4 is 5.32 Å². The van der Waals surface area contributed by atoms with Gasteiger partial charge >= 0.3 is 0 Å². The Morgan fingerprint density at radius 2 is 1.96 bits per heavy atom. The van der Waals surface area contributed by atoms with Gasteiger partial charge in [-0.15, -0.1) is 0 Å². The molecule has 0 unspecified atom stereocenters. The van der Waals surface area contributed by atoms with E-state index in [0.29, 0.717) is 21.1 Å². The molecule has 124 valence electrons. The fourth-order valence-corrected chi connectivity index (χ4v) is 3.23. The number of amides is 1. The van der Waals surface area contributed by atoms with Crippen molar-refractivity contribution in [3.8, 4) is 11.3 Å². The van der Waals surface area contributed by atoms with Crippen LogP contribution in [0.15, 0.2) is 53.1 Å². The summed E-state index contributed by atoms with van der Waals surface area (Å²) in [5.74, 6) is -0.258. The van der Waals surface area contributed by atoms with Crippen molar-refractivity contribution in [3.05, 3.63) is 65.6 Å². The molecule has 0 atom stereocenters. The van der Waals surface area contributed by atoms with Crippen molar-refractivity contribution in [1.82, 2.24) is 10.1 Å². The van der Waals surface area contributed by atoms with E-state index in [1.165, 1.54) is 23.5 Å². The minimum atomic E-state index is -0.429. The number of halogens is 1. The number of fused-ring (bicyclic) bond motifs is 1. The third-order valence-corrected chi connectivity index (χ3v) is 4.58. The Morgan fingerprint density at radius 3 is 2.76 bits per heavy atom. The molecule has 7 heteroatoms. The van der Waals surface area contributed by atoms with Gasteiger partial charge in [0.05, 0.1) is 10.2 Å². The van der Waals surface area contributed by atoms with Crippen LogP contribution in [0.4, 0.5) is 9.52 Å². The van der Waals surface area contributed by atoms with Gasteiger partial charge in [0.1, 0.15) is 5.82 Å². The molecular weight excluding hydrogens is 341 g/mol. The van der Waals surface area contributed by atoms with Crippen LogP contribution in [0.2, 0.25) is 0 Å².